The minimum Gasteiger partial charge on any atom is -0.505 e. The van der Waals surface area contributed by atoms with E-state index in [1.807, 2.05) is 0 Å². The highest BCUT2D eigenvalue weighted by atomic mass is 19.1. The van der Waals surface area contributed by atoms with Gasteiger partial charge in [-0.25, -0.2) is 4.39 Å². The van der Waals surface area contributed by atoms with Crippen LogP contribution in [-0.4, -0.2) is 22.4 Å². The summed E-state index contributed by atoms with van der Waals surface area (Å²) in [7, 11) is 0. The van der Waals surface area contributed by atoms with Crippen molar-refractivity contribution < 1.29 is 14.6 Å². The highest BCUT2D eigenvalue weighted by molar-refractivity contribution is 5.33. The van der Waals surface area contributed by atoms with E-state index in [1.165, 1.54) is 6.07 Å². The van der Waals surface area contributed by atoms with Crippen LogP contribution in [0.5, 0.6) is 5.75 Å². The molecular formula is C11H14FNO2. The van der Waals surface area contributed by atoms with E-state index < -0.39 is 5.82 Å². The molecule has 3 N–H and O–H groups in total. The lowest BCUT2D eigenvalue weighted by Gasteiger charge is -2.14. The minimum absolute atomic E-state index is 0.0864. The van der Waals surface area contributed by atoms with Crippen molar-refractivity contribution in [2.75, 3.05) is 6.61 Å². The van der Waals surface area contributed by atoms with Crippen LogP contribution in [0, 0.1) is 5.82 Å². The van der Waals surface area contributed by atoms with E-state index in [0.717, 1.165) is 12.8 Å². The molecule has 1 saturated carbocycles. The molecule has 1 aromatic carbocycles. The molecule has 1 aromatic rings. The maximum absolute atomic E-state index is 13.0. The van der Waals surface area contributed by atoms with Gasteiger partial charge in [0.05, 0.1) is 6.61 Å². The predicted octanol–water partition coefficient (Wildman–Crippen LogP) is 1.15. The van der Waals surface area contributed by atoms with Crippen molar-refractivity contribution in [2.45, 2.75) is 24.9 Å². The highest BCUT2D eigenvalue weighted by Gasteiger charge is 2.41. The molecule has 1 fully saturated rings. The Labute approximate surface area is 87.6 Å². The first-order valence-corrected chi connectivity index (χ1v) is 4.99. The van der Waals surface area contributed by atoms with Crippen LogP contribution in [-0.2, 0) is 6.54 Å². The van der Waals surface area contributed by atoms with Crippen molar-refractivity contribution in [1.29, 1.82) is 0 Å². The van der Waals surface area contributed by atoms with E-state index >= 15 is 0 Å². The second-order valence-corrected chi connectivity index (χ2v) is 4.04. The lowest BCUT2D eigenvalue weighted by atomic mass is 10.1. The SMILES string of the molecule is OCC1(NCc2cccc(F)c2O)CC1. The van der Waals surface area contributed by atoms with Crippen LogP contribution >= 0.6 is 0 Å². The van der Waals surface area contributed by atoms with Crippen LogP contribution in [0.25, 0.3) is 0 Å². The fourth-order valence-electron chi connectivity index (χ4n) is 1.53. The Morgan fingerprint density at radius 2 is 2.13 bits per heavy atom. The van der Waals surface area contributed by atoms with Crippen LogP contribution in [0.2, 0.25) is 0 Å². The number of nitrogens with one attached hydrogen (secondary N) is 1. The van der Waals surface area contributed by atoms with Crippen LogP contribution in [0.4, 0.5) is 4.39 Å². The third kappa shape index (κ3) is 2.11. The van der Waals surface area contributed by atoms with Gasteiger partial charge in [0.15, 0.2) is 11.6 Å². The van der Waals surface area contributed by atoms with Gasteiger partial charge < -0.3 is 15.5 Å². The van der Waals surface area contributed by atoms with Crippen molar-refractivity contribution in [3.8, 4) is 5.75 Å². The fraction of sp³-hybridized carbons (Fsp3) is 0.455. The largest absolute Gasteiger partial charge is 0.505 e. The second-order valence-electron chi connectivity index (χ2n) is 4.04. The Kier molecular flexibility index (Phi) is 2.63. The van der Waals surface area contributed by atoms with Crippen LogP contribution < -0.4 is 5.32 Å². The van der Waals surface area contributed by atoms with Gasteiger partial charge in [-0.3, -0.25) is 0 Å². The van der Waals surface area contributed by atoms with Gasteiger partial charge in [0.25, 0.3) is 0 Å². The maximum Gasteiger partial charge on any atom is 0.165 e. The third-order valence-corrected chi connectivity index (χ3v) is 2.88. The van der Waals surface area contributed by atoms with Crippen molar-refractivity contribution in [3.63, 3.8) is 0 Å². The number of aliphatic hydroxyl groups excluding tert-OH is 1. The number of para-hydroxylation sites is 1. The first-order valence-electron chi connectivity index (χ1n) is 4.99. The van der Waals surface area contributed by atoms with E-state index in [9.17, 15) is 9.50 Å². The Morgan fingerprint density at radius 3 is 2.73 bits per heavy atom. The molecule has 82 valence electrons. The molecule has 0 aromatic heterocycles. The summed E-state index contributed by atoms with van der Waals surface area (Å²) < 4.78 is 13.0. The Bertz CT molecular complexity index is 364. The van der Waals surface area contributed by atoms with Crippen LogP contribution in [0.3, 0.4) is 0 Å². The van der Waals surface area contributed by atoms with Crippen LogP contribution in [0.1, 0.15) is 18.4 Å². The zero-order valence-corrected chi connectivity index (χ0v) is 8.33. The van der Waals surface area contributed by atoms with Gasteiger partial charge in [-0.1, -0.05) is 12.1 Å². The van der Waals surface area contributed by atoms with Crippen molar-refractivity contribution in [2.24, 2.45) is 0 Å². The van der Waals surface area contributed by atoms with Gasteiger partial charge in [0, 0.05) is 17.6 Å². The molecule has 0 unspecified atom stereocenters. The molecule has 1 aliphatic carbocycles. The summed E-state index contributed by atoms with van der Waals surface area (Å²) >= 11 is 0. The fourth-order valence-corrected chi connectivity index (χ4v) is 1.53. The molecule has 0 bridgehead atoms. The van der Waals surface area contributed by atoms with Gasteiger partial charge in [0.2, 0.25) is 0 Å². The average Bonchev–Trinajstić information content (AvgIpc) is 3.01. The number of hydrogen-bond donors (Lipinski definition) is 3. The minimum atomic E-state index is -0.608. The number of aliphatic hydroxyl groups is 1. The zero-order chi connectivity index (χ0) is 10.9. The van der Waals surface area contributed by atoms with Crippen molar-refractivity contribution >= 4 is 0 Å². The molecule has 0 radical (unpaired) electrons. The van der Waals surface area contributed by atoms with E-state index in [4.69, 9.17) is 5.11 Å². The topological polar surface area (TPSA) is 52.5 Å². The molecule has 1 aliphatic rings. The summed E-state index contributed by atoms with van der Waals surface area (Å²) in [6.07, 6.45) is 1.86. The lowest BCUT2D eigenvalue weighted by Crippen LogP contribution is -2.34. The summed E-state index contributed by atoms with van der Waals surface area (Å²) in [6.45, 7) is 0.466. The van der Waals surface area contributed by atoms with E-state index in [-0.39, 0.29) is 17.9 Å². The van der Waals surface area contributed by atoms with Crippen molar-refractivity contribution in [3.05, 3.63) is 29.6 Å². The molecule has 0 heterocycles. The van der Waals surface area contributed by atoms with Crippen LogP contribution in [0.15, 0.2) is 18.2 Å². The summed E-state index contributed by atoms with van der Waals surface area (Å²) in [4.78, 5) is 0. The zero-order valence-electron chi connectivity index (χ0n) is 8.33. The molecule has 4 heteroatoms. The van der Waals surface area contributed by atoms with Gasteiger partial charge in [0.1, 0.15) is 0 Å². The smallest absolute Gasteiger partial charge is 0.165 e. The summed E-state index contributed by atoms with van der Waals surface area (Å²) in [5, 5.41) is 21.6. The average molecular weight is 211 g/mol. The van der Waals surface area contributed by atoms with Gasteiger partial charge in [-0.15, -0.1) is 0 Å². The molecule has 15 heavy (non-hydrogen) atoms. The summed E-state index contributed by atoms with van der Waals surface area (Å²) in [5.41, 5.74) is 0.327. The number of halogens is 1. The van der Waals surface area contributed by atoms with E-state index in [1.54, 1.807) is 12.1 Å². The highest BCUT2D eigenvalue weighted by Crippen LogP contribution is 2.35. The molecule has 0 amide bonds. The number of hydrogen-bond acceptors (Lipinski definition) is 3. The summed E-state index contributed by atoms with van der Waals surface area (Å²) in [6, 6.07) is 4.45. The number of aromatic hydroxyl groups is 1. The quantitative estimate of drug-likeness (QED) is 0.700. The monoisotopic (exact) mass is 211 g/mol. The van der Waals surface area contributed by atoms with Gasteiger partial charge in [-0.05, 0) is 18.9 Å². The second kappa shape index (κ2) is 3.79. The first-order chi connectivity index (χ1) is 7.17. The number of rotatable bonds is 4. The first kappa shape index (κ1) is 10.4. The van der Waals surface area contributed by atoms with Gasteiger partial charge in [-0.2, -0.15) is 0 Å². The molecule has 0 spiro atoms. The lowest BCUT2D eigenvalue weighted by molar-refractivity contribution is 0.229. The summed E-state index contributed by atoms with van der Waals surface area (Å²) in [5.74, 6) is -0.915. The maximum atomic E-state index is 13.0. The third-order valence-electron chi connectivity index (χ3n) is 2.88. The van der Waals surface area contributed by atoms with E-state index in [0.29, 0.717) is 12.1 Å². The predicted molar refractivity (Wildman–Crippen MR) is 54.0 cm³/mol. The Balaban J connectivity index is 2.02. The molecular weight excluding hydrogens is 197 g/mol. The number of benzene rings is 1. The Morgan fingerprint density at radius 1 is 1.40 bits per heavy atom. The normalized spacial score (nSPS) is 17.7. The van der Waals surface area contributed by atoms with Crippen molar-refractivity contribution in [1.82, 2.24) is 5.32 Å². The molecule has 2 rings (SSSR count). The molecule has 0 aliphatic heterocycles. The number of phenolic OH excluding ortho intramolecular Hbond substituents is 1. The Hall–Kier alpha value is -1.13. The molecule has 0 saturated heterocycles. The molecule has 0 atom stereocenters. The van der Waals surface area contributed by atoms with Gasteiger partial charge >= 0.3 is 0 Å². The standard InChI is InChI=1S/C11H14FNO2/c12-9-3-1-2-8(10(9)15)6-13-11(7-14)4-5-11/h1-3,13-15H,4-7H2. The van der Waals surface area contributed by atoms with E-state index in [2.05, 4.69) is 5.32 Å². The molecule has 3 nitrogen and oxygen atoms in total. The number of phenols is 1.